The van der Waals surface area contributed by atoms with E-state index in [1.54, 1.807) is 11.8 Å². The van der Waals surface area contributed by atoms with Crippen molar-refractivity contribution in [1.82, 2.24) is 5.32 Å². The summed E-state index contributed by atoms with van der Waals surface area (Å²) in [7, 11) is 0. The Kier molecular flexibility index (Phi) is 6.23. The molecule has 1 heterocycles. The average molecular weight is 396 g/mol. The standard InChI is InChI=1S/C23H29N3O3/c1-14(2)29-23(28)25-21-11-15(3)26(16(4)27)22-10-9-19(12-20(21)22)18-7-5-17(13-24)6-8-18/h5-10,12,14-15,21H,11,13,24H2,1-4H3,(H,25,28)/t15-,21+/m0/s1. The fraction of sp³-hybridized carbons (Fsp3) is 0.391. The van der Waals surface area contributed by atoms with Gasteiger partial charge in [0.2, 0.25) is 5.91 Å². The largest absolute Gasteiger partial charge is 0.447 e. The molecular weight excluding hydrogens is 366 g/mol. The van der Waals surface area contributed by atoms with Gasteiger partial charge in [-0.3, -0.25) is 4.79 Å². The Labute approximate surface area is 172 Å². The maximum Gasteiger partial charge on any atom is 0.407 e. The van der Waals surface area contributed by atoms with Crippen LogP contribution in [0.3, 0.4) is 0 Å². The molecule has 0 fully saturated rings. The second-order valence-corrected chi connectivity index (χ2v) is 7.80. The number of fused-ring (bicyclic) bond motifs is 1. The fourth-order valence-corrected chi connectivity index (χ4v) is 3.88. The van der Waals surface area contributed by atoms with Crippen LogP contribution in [0.25, 0.3) is 11.1 Å². The minimum absolute atomic E-state index is 0.0120. The van der Waals surface area contributed by atoms with Gasteiger partial charge >= 0.3 is 6.09 Å². The summed E-state index contributed by atoms with van der Waals surface area (Å²) in [4.78, 5) is 26.3. The Hall–Kier alpha value is -2.86. The number of amides is 2. The zero-order valence-corrected chi connectivity index (χ0v) is 17.4. The van der Waals surface area contributed by atoms with Gasteiger partial charge in [0, 0.05) is 25.2 Å². The second kappa shape index (κ2) is 8.66. The molecule has 6 heteroatoms. The van der Waals surface area contributed by atoms with Crippen molar-refractivity contribution in [2.24, 2.45) is 5.73 Å². The lowest BCUT2D eigenvalue weighted by atomic mass is 9.89. The van der Waals surface area contributed by atoms with Crippen molar-refractivity contribution in [3.05, 3.63) is 53.6 Å². The lowest BCUT2D eigenvalue weighted by Gasteiger charge is -2.39. The van der Waals surface area contributed by atoms with Crippen LogP contribution in [-0.4, -0.2) is 24.1 Å². The first kappa shape index (κ1) is 20.9. The highest BCUT2D eigenvalue weighted by Crippen LogP contribution is 2.39. The van der Waals surface area contributed by atoms with E-state index in [1.807, 2.05) is 57.2 Å². The summed E-state index contributed by atoms with van der Waals surface area (Å²) in [6.45, 7) is 7.70. The number of nitrogens with one attached hydrogen (secondary N) is 1. The smallest absolute Gasteiger partial charge is 0.407 e. The quantitative estimate of drug-likeness (QED) is 0.815. The van der Waals surface area contributed by atoms with Gasteiger partial charge in [-0.1, -0.05) is 30.3 Å². The van der Waals surface area contributed by atoms with Crippen LogP contribution in [0.15, 0.2) is 42.5 Å². The van der Waals surface area contributed by atoms with Crippen molar-refractivity contribution >= 4 is 17.7 Å². The van der Waals surface area contributed by atoms with Crippen molar-refractivity contribution in [2.45, 2.75) is 58.8 Å². The van der Waals surface area contributed by atoms with Gasteiger partial charge < -0.3 is 20.7 Å². The monoisotopic (exact) mass is 395 g/mol. The minimum Gasteiger partial charge on any atom is -0.447 e. The number of anilines is 1. The van der Waals surface area contributed by atoms with E-state index in [1.165, 1.54) is 0 Å². The first-order chi connectivity index (χ1) is 13.8. The summed E-state index contributed by atoms with van der Waals surface area (Å²) >= 11 is 0. The third kappa shape index (κ3) is 4.59. The maximum absolute atomic E-state index is 12.3. The summed E-state index contributed by atoms with van der Waals surface area (Å²) in [5, 5.41) is 2.98. The molecule has 1 aliphatic heterocycles. The highest BCUT2D eigenvalue weighted by Gasteiger charge is 2.33. The van der Waals surface area contributed by atoms with E-state index < -0.39 is 6.09 Å². The summed E-state index contributed by atoms with van der Waals surface area (Å²) < 4.78 is 5.28. The first-order valence-electron chi connectivity index (χ1n) is 10.0. The zero-order valence-electron chi connectivity index (χ0n) is 17.4. The molecule has 3 rings (SSSR count). The molecule has 0 aromatic heterocycles. The molecule has 0 saturated heterocycles. The lowest BCUT2D eigenvalue weighted by Crippen LogP contribution is -2.45. The number of benzene rings is 2. The number of hydrogen-bond acceptors (Lipinski definition) is 4. The van der Waals surface area contributed by atoms with Gasteiger partial charge in [0.1, 0.15) is 0 Å². The van der Waals surface area contributed by atoms with E-state index in [9.17, 15) is 9.59 Å². The van der Waals surface area contributed by atoms with Gasteiger partial charge in [0.25, 0.3) is 0 Å². The van der Waals surface area contributed by atoms with Crippen molar-refractivity contribution in [3.63, 3.8) is 0 Å². The molecule has 0 spiro atoms. The van der Waals surface area contributed by atoms with Gasteiger partial charge in [-0.25, -0.2) is 4.79 Å². The van der Waals surface area contributed by atoms with Gasteiger partial charge in [-0.2, -0.15) is 0 Å². The average Bonchev–Trinajstić information content (AvgIpc) is 2.67. The van der Waals surface area contributed by atoms with E-state index in [-0.39, 0.29) is 24.1 Å². The molecule has 0 bridgehead atoms. The zero-order chi connectivity index (χ0) is 21.1. The third-order valence-electron chi connectivity index (χ3n) is 5.18. The molecule has 0 radical (unpaired) electrons. The van der Waals surface area contributed by atoms with E-state index in [2.05, 4.69) is 11.4 Å². The molecule has 2 aromatic rings. The third-order valence-corrected chi connectivity index (χ3v) is 5.18. The van der Waals surface area contributed by atoms with Gasteiger partial charge in [-0.15, -0.1) is 0 Å². The van der Waals surface area contributed by atoms with Crippen molar-refractivity contribution in [3.8, 4) is 11.1 Å². The van der Waals surface area contributed by atoms with Crippen LogP contribution in [0.1, 0.15) is 51.3 Å². The van der Waals surface area contributed by atoms with Gasteiger partial charge in [0.05, 0.1) is 12.1 Å². The van der Waals surface area contributed by atoms with E-state index >= 15 is 0 Å². The summed E-state index contributed by atoms with van der Waals surface area (Å²) in [5.41, 5.74) is 10.6. The molecule has 0 aliphatic carbocycles. The molecule has 6 nitrogen and oxygen atoms in total. The summed E-state index contributed by atoms with van der Waals surface area (Å²) in [5.74, 6) is -0.0120. The molecule has 3 N–H and O–H groups in total. The SMILES string of the molecule is CC(=O)N1c2ccc(-c3ccc(CN)cc3)cc2[C@H](NC(=O)OC(C)C)C[C@@H]1C. The molecule has 0 unspecified atom stereocenters. The number of nitrogens with two attached hydrogens (primary N) is 1. The van der Waals surface area contributed by atoms with Gasteiger partial charge in [-0.05, 0) is 61.6 Å². The van der Waals surface area contributed by atoms with Crippen LogP contribution in [0.5, 0.6) is 0 Å². The van der Waals surface area contributed by atoms with E-state index in [0.29, 0.717) is 13.0 Å². The number of carbonyl (C=O) groups is 2. The number of ether oxygens (including phenoxy) is 1. The first-order valence-corrected chi connectivity index (χ1v) is 10.0. The normalized spacial score (nSPS) is 18.3. The Morgan fingerprint density at radius 1 is 1.17 bits per heavy atom. The topological polar surface area (TPSA) is 84.7 Å². The number of rotatable bonds is 4. The molecule has 1 aliphatic rings. The van der Waals surface area contributed by atoms with Crippen LogP contribution in [-0.2, 0) is 16.1 Å². The fourth-order valence-electron chi connectivity index (χ4n) is 3.88. The van der Waals surface area contributed by atoms with Crippen LogP contribution in [0.4, 0.5) is 10.5 Å². The van der Waals surface area contributed by atoms with Crippen molar-refractivity contribution < 1.29 is 14.3 Å². The predicted octanol–water partition coefficient (Wildman–Crippen LogP) is 4.13. The van der Waals surface area contributed by atoms with Crippen molar-refractivity contribution in [2.75, 3.05) is 4.90 Å². The lowest BCUT2D eigenvalue weighted by molar-refractivity contribution is -0.117. The summed E-state index contributed by atoms with van der Waals surface area (Å²) in [6.07, 6.45) is -0.0243. The predicted molar refractivity (Wildman–Crippen MR) is 115 cm³/mol. The molecule has 29 heavy (non-hydrogen) atoms. The van der Waals surface area contributed by atoms with E-state index in [0.717, 1.165) is 27.9 Å². The molecule has 2 atom stereocenters. The summed E-state index contributed by atoms with van der Waals surface area (Å²) in [6, 6.07) is 13.8. The van der Waals surface area contributed by atoms with E-state index in [4.69, 9.17) is 10.5 Å². The molecule has 2 amide bonds. The second-order valence-electron chi connectivity index (χ2n) is 7.80. The van der Waals surface area contributed by atoms with Crippen LogP contribution >= 0.6 is 0 Å². The number of carbonyl (C=O) groups excluding carboxylic acids is 2. The highest BCUT2D eigenvalue weighted by molar-refractivity contribution is 5.94. The molecule has 154 valence electrons. The number of hydrogen-bond donors (Lipinski definition) is 2. The molecular formula is C23H29N3O3. The number of nitrogens with zero attached hydrogens (tertiary/aromatic N) is 1. The number of alkyl carbamates (subject to hydrolysis) is 1. The van der Waals surface area contributed by atoms with Crippen LogP contribution in [0.2, 0.25) is 0 Å². The minimum atomic E-state index is -0.447. The van der Waals surface area contributed by atoms with Crippen LogP contribution < -0.4 is 16.0 Å². The van der Waals surface area contributed by atoms with Gasteiger partial charge in [0.15, 0.2) is 0 Å². The van der Waals surface area contributed by atoms with Crippen LogP contribution in [0, 0.1) is 0 Å². The maximum atomic E-state index is 12.3. The Morgan fingerprint density at radius 2 is 1.83 bits per heavy atom. The molecule has 2 aromatic carbocycles. The molecule has 0 saturated carbocycles. The Balaban J connectivity index is 2.00. The van der Waals surface area contributed by atoms with Crippen molar-refractivity contribution in [1.29, 1.82) is 0 Å². The Morgan fingerprint density at radius 3 is 2.41 bits per heavy atom. The Bertz CT molecular complexity index is 893. The highest BCUT2D eigenvalue weighted by atomic mass is 16.6.